The monoisotopic (exact) mass is 220 g/mol. The molecule has 3 heteroatoms. The fourth-order valence-electron chi connectivity index (χ4n) is 1.47. The summed E-state index contributed by atoms with van der Waals surface area (Å²) in [7, 11) is 0. The van der Waals surface area contributed by atoms with Crippen molar-refractivity contribution in [2.45, 2.75) is 32.2 Å². The summed E-state index contributed by atoms with van der Waals surface area (Å²) in [6.07, 6.45) is 2.62. The highest BCUT2D eigenvalue weighted by molar-refractivity contribution is 5.81. The van der Waals surface area contributed by atoms with E-state index in [4.69, 9.17) is 5.73 Å². The molecule has 0 aliphatic carbocycles. The first-order valence-electron chi connectivity index (χ1n) is 5.81. The van der Waals surface area contributed by atoms with Crippen molar-refractivity contribution >= 4 is 5.91 Å². The molecule has 1 amide bonds. The Morgan fingerprint density at radius 1 is 1.38 bits per heavy atom. The van der Waals surface area contributed by atoms with Gasteiger partial charge in [-0.3, -0.25) is 4.79 Å². The minimum atomic E-state index is -0.364. The van der Waals surface area contributed by atoms with Gasteiger partial charge in [-0.05, 0) is 24.8 Å². The first-order chi connectivity index (χ1) is 7.74. The number of nitrogens with two attached hydrogens (primary N) is 1. The molecule has 0 unspecified atom stereocenters. The number of hydrogen-bond acceptors (Lipinski definition) is 2. The van der Waals surface area contributed by atoms with Crippen molar-refractivity contribution in [3.8, 4) is 0 Å². The van der Waals surface area contributed by atoms with Crippen molar-refractivity contribution in [2.24, 2.45) is 5.73 Å². The second-order valence-electron chi connectivity index (χ2n) is 3.89. The maximum Gasteiger partial charge on any atom is 0.236 e. The Balaban J connectivity index is 2.15. The van der Waals surface area contributed by atoms with E-state index in [1.54, 1.807) is 0 Å². The second kappa shape index (κ2) is 7.01. The van der Waals surface area contributed by atoms with Crippen LogP contribution in [0.15, 0.2) is 30.3 Å². The van der Waals surface area contributed by atoms with E-state index >= 15 is 0 Å². The van der Waals surface area contributed by atoms with Crippen LogP contribution in [0.1, 0.15) is 25.3 Å². The number of nitrogens with one attached hydrogen (secondary N) is 1. The lowest BCUT2D eigenvalue weighted by atomic mass is 10.1. The van der Waals surface area contributed by atoms with Crippen LogP contribution in [0, 0.1) is 0 Å². The molecule has 1 aromatic carbocycles. The van der Waals surface area contributed by atoms with Gasteiger partial charge in [0.05, 0.1) is 6.04 Å². The van der Waals surface area contributed by atoms with Gasteiger partial charge in [0.2, 0.25) is 5.91 Å². The second-order valence-corrected chi connectivity index (χ2v) is 3.89. The molecule has 0 saturated heterocycles. The van der Waals surface area contributed by atoms with Crippen LogP contribution in [-0.4, -0.2) is 18.5 Å². The van der Waals surface area contributed by atoms with Crippen LogP contribution in [0.4, 0.5) is 0 Å². The van der Waals surface area contributed by atoms with Gasteiger partial charge in [-0.2, -0.15) is 0 Å². The van der Waals surface area contributed by atoms with Crippen LogP contribution in [0.25, 0.3) is 0 Å². The predicted octanol–water partition coefficient (Wildman–Crippen LogP) is 1.47. The topological polar surface area (TPSA) is 55.1 Å². The average Bonchev–Trinajstić information content (AvgIpc) is 2.34. The van der Waals surface area contributed by atoms with E-state index in [-0.39, 0.29) is 11.9 Å². The third-order valence-electron chi connectivity index (χ3n) is 2.56. The Bertz CT molecular complexity index is 311. The summed E-state index contributed by atoms with van der Waals surface area (Å²) in [6.45, 7) is 2.61. The number of amides is 1. The fraction of sp³-hybridized carbons (Fsp3) is 0.462. The molecule has 16 heavy (non-hydrogen) atoms. The molecule has 0 fully saturated rings. The fourth-order valence-corrected chi connectivity index (χ4v) is 1.47. The van der Waals surface area contributed by atoms with Gasteiger partial charge in [0.25, 0.3) is 0 Å². The van der Waals surface area contributed by atoms with E-state index in [1.807, 2.05) is 25.1 Å². The molecule has 88 valence electrons. The summed E-state index contributed by atoms with van der Waals surface area (Å²) >= 11 is 0. The highest BCUT2D eigenvalue weighted by Gasteiger charge is 2.08. The van der Waals surface area contributed by atoms with Crippen LogP contribution in [-0.2, 0) is 11.2 Å². The largest absolute Gasteiger partial charge is 0.355 e. The van der Waals surface area contributed by atoms with E-state index in [1.165, 1.54) is 5.56 Å². The standard InChI is InChI=1S/C13H20N2O/c1-2-12(14)13(16)15-10-6-9-11-7-4-3-5-8-11/h3-5,7-8,12H,2,6,9-10,14H2,1H3,(H,15,16)/t12-/m0/s1. The van der Waals surface area contributed by atoms with Gasteiger partial charge in [-0.25, -0.2) is 0 Å². The van der Waals surface area contributed by atoms with Crippen LogP contribution < -0.4 is 11.1 Å². The van der Waals surface area contributed by atoms with E-state index < -0.39 is 0 Å². The zero-order chi connectivity index (χ0) is 11.8. The number of carbonyl (C=O) groups is 1. The number of aryl methyl sites for hydroxylation is 1. The van der Waals surface area contributed by atoms with Gasteiger partial charge in [0, 0.05) is 6.54 Å². The van der Waals surface area contributed by atoms with E-state index in [9.17, 15) is 4.79 Å². The van der Waals surface area contributed by atoms with Crippen molar-refractivity contribution in [3.63, 3.8) is 0 Å². The molecular weight excluding hydrogens is 200 g/mol. The molecule has 0 bridgehead atoms. The summed E-state index contributed by atoms with van der Waals surface area (Å²) in [5, 5.41) is 2.84. The Labute approximate surface area is 97.0 Å². The zero-order valence-electron chi connectivity index (χ0n) is 9.78. The number of hydrogen-bond donors (Lipinski definition) is 2. The Morgan fingerprint density at radius 2 is 2.06 bits per heavy atom. The summed E-state index contributed by atoms with van der Waals surface area (Å²) in [5.74, 6) is -0.0458. The lowest BCUT2D eigenvalue weighted by Crippen LogP contribution is -2.40. The van der Waals surface area contributed by atoms with E-state index in [0.717, 1.165) is 12.8 Å². The third kappa shape index (κ3) is 4.45. The van der Waals surface area contributed by atoms with Gasteiger partial charge < -0.3 is 11.1 Å². The quantitative estimate of drug-likeness (QED) is 0.713. The molecule has 1 atom stereocenters. The predicted molar refractivity (Wildman–Crippen MR) is 66.0 cm³/mol. The minimum absolute atomic E-state index is 0.0458. The molecule has 0 aliphatic rings. The van der Waals surface area contributed by atoms with Gasteiger partial charge in [-0.1, -0.05) is 37.3 Å². The van der Waals surface area contributed by atoms with Crippen molar-refractivity contribution in [2.75, 3.05) is 6.54 Å². The molecule has 0 radical (unpaired) electrons. The number of rotatable bonds is 6. The molecule has 0 spiro atoms. The number of carbonyl (C=O) groups excluding carboxylic acids is 1. The van der Waals surface area contributed by atoms with Crippen LogP contribution >= 0.6 is 0 Å². The molecule has 3 N–H and O–H groups in total. The van der Waals surface area contributed by atoms with Crippen molar-refractivity contribution in [1.29, 1.82) is 0 Å². The maximum atomic E-state index is 11.3. The zero-order valence-corrected chi connectivity index (χ0v) is 9.78. The van der Waals surface area contributed by atoms with Crippen LogP contribution in [0.5, 0.6) is 0 Å². The third-order valence-corrected chi connectivity index (χ3v) is 2.56. The van der Waals surface area contributed by atoms with Crippen molar-refractivity contribution < 1.29 is 4.79 Å². The molecule has 3 nitrogen and oxygen atoms in total. The average molecular weight is 220 g/mol. The van der Waals surface area contributed by atoms with Gasteiger partial charge in [0.1, 0.15) is 0 Å². The van der Waals surface area contributed by atoms with E-state index in [2.05, 4.69) is 17.4 Å². The molecule has 1 aromatic rings. The lowest BCUT2D eigenvalue weighted by Gasteiger charge is -2.09. The normalized spacial score (nSPS) is 12.1. The van der Waals surface area contributed by atoms with E-state index in [0.29, 0.717) is 13.0 Å². The van der Waals surface area contributed by atoms with Gasteiger partial charge in [-0.15, -0.1) is 0 Å². The van der Waals surface area contributed by atoms with Gasteiger partial charge in [0.15, 0.2) is 0 Å². The summed E-state index contributed by atoms with van der Waals surface area (Å²) in [5.41, 5.74) is 6.90. The Kier molecular flexibility index (Phi) is 5.57. The number of benzene rings is 1. The van der Waals surface area contributed by atoms with Crippen molar-refractivity contribution in [3.05, 3.63) is 35.9 Å². The molecular formula is C13H20N2O. The summed E-state index contributed by atoms with van der Waals surface area (Å²) in [6, 6.07) is 9.89. The molecule has 0 aromatic heterocycles. The molecule has 0 saturated carbocycles. The summed E-state index contributed by atoms with van der Waals surface area (Å²) in [4.78, 5) is 11.3. The maximum absolute atomic E-state index is 11.3. The van der Waals surface area contributed by atoms with Gasteiger partial charge >= 0.3 is 0 Å². The van der Waals surface area contributed by atoms with Crippen molar-refractivity contribution in [1.82, 2.24) is 5.32 Å². The first-order valence-corrected chi connectivity index (χ1v) is 5.81. The smallest absolute Gasteiger partial charge is 0.236 e. The van der Waals surface area contributed by atoms with Crippen LogP contribution in [0.2, 0.25) is 0 Å². The first kappa shape index (κ1) is 12.7. The SMILES string of the molecule is CC[C@H](N)C(=O)NCCCc1ccccc1. The highest BCUT2D eigenvalue weighted by atomic mass is 16.2. The molecule has 0 aliphatic heterocycles. The lowest BCUT2D eigenvalue weighted by molar-refractivity contribution is -0.122. The Hall–Kier alpha value is -1.35. The molecule has 0 heterocycles. The minimum Gasteiger partial charge on any atom is -0.355 e. The van der Waals surface area contributed by atoms with Crippen LogP contribution in [0.3, 0.4) is 0 Å². The molecule has 1 rings (SSSR count). The Morgan fingerprint density at radius 3 is 2.69 bits per heavy atom. The summed E-state index contributed by atoms with van der Waals surface area (Å²) < 4.78 is 0. The highest BCUT2D eigenvalue weighted by Crippen LogP contribution is 2.01.